The van der Waals surface area contributed by atoms with E-state index in [2.05, 4.69) is 17.2 Å². The second-order valence-electron chi connectivity index (χ2n) is 4.64. The number of benzene rings is 2. The van der Waals surface area contributed by atoms with Gasteiger partial charge in [-0.15, -0.1) is 0 Å². The van der Waals surface area contributed by atoms with E-state index < -0.39 is 0 Å². The van der Waals surface area contributed by atoms with Crippen molar-refractivity contribution in [3.63, 3.8) is 0 Å². The summed E-state index contributed by atoms with van der Waals surface area (Å²) in [5, 5.41) is 2.77. The van der Waals surface area contributed by atoms with Crippen LogP contribution in [-0.4, -0.2) is 26.2 Å². The van der Waals surface area contributed by atoms with Crippen molar-refractivity contribution in [3.8, 4) is 23.3 Å². The van der Waals surface area contributed by atoms with E-state index in [-0.39, 0.29) is 12.5 Å². The highest BCUT2D eigenvalue weighted by atomic mass is 16.5. The Morgan fingerprint density at radius 2 is 1.87 bits per heavy atom. The average Bonchev–Trinajstić information content (AvgIpc) is 2.60. The van der Waals surface area contributed by atoms with Crippen molar-refractivity contribution in [2.24, 2.45) is 0 Å². The van der Waals surface area contributed by atoms with Gasteiger partial charge in [-0.1, -0.05) is 24.0 Å². The average molecular weight is 309 g/mol. The largest absolute Gasteiger partial charge is 0.497 e. The summed E-state index contributed by atoms with van der Waals surface area (Å²) < 4.78 is 10.5. The maximum absolute atomic E-state index is 12.2. The summed E-state index contributed by atoms with van der Waals surface area (Å²) in [5.41, 5.74) is 1.38. The van der Waals surface area contributed by atoms with Gasteiger partial charge >= 0.3 is 0 Å². The zero-order valence-electron chi connectivity index (χ0n) is 13.3. The smallest absolute Gasteiger partial charge is 0.255 e. The lowest BCUT2D eigenvalue weighted by molar-refractivity contribution is 0.0955. The first-order chi connectivity index (χ1) is 11.2. The molecular weight excluding hydrogens is 290 g/mol. The van der Waals surface area contributed by atoms with Crippen molar-refractivity contribution < 1.29 is 14.3 Å². The SMILES string of the molecule is CCOc1ccccc1C(=O)NCC#Cc1ccc(OC)cc1. The van der Waals surface area contributed by atoms with Crippen molar-refractivity contribution in [1.82, 2.24) is 5.32 Å². The fourth-order valence-electron chi connectivity index (χ4n) is 1.98. The summed E-state index contributed by atoms with van der Waals surface area (Å²) >= 11 is 0. The van der Waals surface area contributed by atoms with Crippen molar-refractivity contribution in [3.05, 3.63) is 59.7 Å². The maximum Gasteiger partial charge on any atom is 0.255 e. The van der Waals surface area contributed by atoms with Crippen LogP contribution in [0.3, 0.4) is 0 Å². The highest BCUT2D eigenvalue weighted by Gasteiger charge is 2.10. The number of nitrogens with one attached hydrogen (secondary N) is 1. The van der Waals surface area contributed by atoms with E-state index in [1.807, 2.05) is 37.3 Å². The molecule has 23 heavy (non-hydrogen) atoms. The van der Waals surface area contributed by atoms with Crippen LogP contribution in [0.2, 0.25) is 0 Å². The highest BCUT2D eigenvalue weighted by Crippen LogP contribution is 2.17. The predicted octanol–water partition coefficient (Wildman–Crippen LogP) is 2.88. The van der Waals surface area contributed by atoms with Crippen LogP contribution >= 0.6 is 0 Å². The highest BCUT2D eigenvalue weighted by molar-refractivity contribution is 5.97. The van der Waals surface area contributed by atoms with Crippen LogP contribution in [0.1, 0.15) is 22.8 Å². The van der Waals surface area contributed by atoms with Crippen molar-refractivity contribution in [1.29, 1.82) is 0 Å². The van der Waals surface area contributed by atoms with E-state index in [0.717, 1.165) is 11.3 Å². The molecule has 0 spiro atoms. The molecule has 1 amide bonds. The molecule has 0 aromatic heterocycles. The molecule has 118 valence electrons. The molecule has 0 saturated carbocycles. The van der Waals surface area contributed by atoms with E-state index in [4.69, 9.17) is 9.47 Å². The molecule has 4 heteroatoms. The van der Waals surface area contributed by atoms with E-state index in [0.29, 0.717) is 17.9 Å². The lowest BCUT2D eigenvalue weighted by Gasteiger charge is -2.08. The van der Waals surface area contributed by atoms with Crippen LogP contribution in [0.4, 0.5) is 0 Å². The molecule has 0 aliphatic rings. The quantitative estimate of drug-likeness (QED) is 0.864. The second-order valence-corrected chi connectivity index (χ2v) is 4.64. The summed E-state index contributed by atoms with van der Waals surface area (Å²) in [6, 6.07) is 14.6. The zero-order chi connectivity index (χ0) is 16.5. The molecule has 0 saturated heterocycles. The van der Waals surface area contributed by atoms with Crippen molar-refractivity contribution in [2.75, 3.05) is 20.3 Å². The van der Waals surface area contributed by atoms with Gasteiger partial charge in [-0.25, -0.2) is 0 Å². The molecule has 0 aliphatic heterocycles. The Bertz CT molecular complexity index is 711. The summed E-state index contributed by atoms with van der Waals surface area (Å²) in [5.74, 6) is 7.09. The number of para-hydroxylation sites is 1. The fraction of sp³-hybridized carbons (Fsp3) is 0.211. The van der Waals surface area contributed by atoms with Crippen LogP contribution in [0.25, 0.3) is 0 Å². The number of carbonyl (C=O) groups is 1. The van der Waals surface area contributed by atoms with Gasteiger partial charge < -0.3 is 14.8 Å². The Hall–Kier alpha value is -2.93. The first kappa shape index (κ1) is 16.4. The van der Waals surface area contributed by atoms with Crippen LogP contribution in [0.5, 0.6) is 11.5 Å². The fourth-order valence-corrected chi connectivity index (χ4v) is 1.98. The third kappa shape index (κ3) is 4.79. The maximum atomic E-state index is 12.2. The molecule has 1 N–H and O–H groups in total. The molecule has 0 unspecified atom stereocenters. The molecule has 0 heterocycles. The first-order valence-corrected chi connectivity index (χ1v) is 7.37. The number of ether oxygens (including phenoxy) is 2. The van der Waals surface area contributed by atoms with Gasteiger partial charge in [-0.3, -0.25) is 4.79 Å². The minimum absolute atomic E-state index is 0.196. The summed E-state index contributed by atoms with van der Waals surface area (Å²) in [6.45, 7) is 2.67. The minimum Gasteiger partial charge on any atom is -0.497 e. The third-order valence-electron chi connectivity index (χ3n) is 3.09. The van der Waals surface area contributed by atoms with E-state index in [1.54, 1.807) is 25.3 Å². The topological polar surface area (TPSA) is 47.6 Å². The van der Waals surface area contributed by atoms with Gasteiger partial charge in [0, 0.05) is 5.56 Å². The first-order valence-electron chi connectivity index (χ1n) is 7.37. The monoisotopic (exact) mass is 309 g/mol. The lowest BCUT2D eigenvalue weighted by Crippen LogP contribution is -2.24. The minimum atomic E-state index is -0.196. The van der Waals surface area contributed by atoms with Crippen LogP contribution in [0, 0.1) is 11.8 Å². The van der Waals surface area contributed by atoms with E-state index in [1.165, 1.54) is 0 Å². The Balaban J connectivity index is 1.93. The van der Waals surface area contributed by atoms with Crippen LogP contribution in [0.15, 0.2) is 48.5 Å². The lowest BCUT2D eigenvalue weighted by atomic mass is 10.2. The van der Waals surface area contributed by atoms with Crippen LogP contribution in [-0.2, 0) is 0 Å². The molecule has 0 bridgehead atoms. The molecule has 0 aliphatic carbocycles. The molecule has 4 nitrogen and oxygen atoms in total. The summed E-state index contributed by atoms with van der Waals surface area (Å²) in [6.07, 6.45) is 0. The Kier molecular flexibility index (Phi) is 6.07. The standard InChI is InChI=1S/C19H19NO3/c1-3-23-18-9-5-4-8-17(18)19(21)20-14-6-7-15-10-12-16(22-2)13-11-15/h4-5,8-13H,3,14H2,1-2H3,(H,20,21). The Morgan fingerprint density at radius 3 is 2.57 bits per heavy atom. The number of amides is 1. The normalized spacial score (nSPS) is 9.48. The van der Waals surface area contributed by atoms with E-state index >= 15 is 0 Å². The molecule has 0 fully saturated rings. The third-order valence-corrected chi connectivity index (χ3v) is 3.09. The van der Waals surface area contributed by atoms with E-state index in [9.17, 15) is 4.79 Å². The molecular formula is C19H19NO3. The molecule has 0 atom stereocenters. The molecule has 0 radical (unpaired) electrons. The number of carbonyl (C=O) groups excluding carboxylic acids is 1. The van der Waals surface area contributed by atoms with Gasteiger partial charge in [0.15, 0.2) is 0 Å². The summed E-state index contributed by atoms with van der Waals surface area (Å²) in [4.78, 5) is 12.2. The van der Waals surface area contributed by atoms with Gasteiger partial charge in [0.1, 0.15) is 11.5 Å². The van der Waals surface area contributed by atoms with Gasteiger partial charge in [-0.05, 0) is 43.3 Å². The zero-order valence-corrected chi connectivity index (χ0v) is 13.3. The Labute approximate surface area is 136 Å². The van der Waals surface area contributed by atoms with Crippen LogP contribution < -0.4 is 14.8 Å². The van der Waals surface area contributed by atoms with Gasteiger partial charge in [-0.2, -0.15) is 0 Å². The number of hydrogen-bond acceptors (Lipinski definition) is 3. The predicted molar refractivity (Wildman–Crippen MR) is 89.8 cm³/mol. The van der Waals surface area contributed by atoms with Crippen molar-refractivity contribution in [2.45, 2.75) is 6.92 Å². The molecule has 2 aromatic rings. The van der Waals surface area contributed by atoms with Gasteiger partial charge in [0.05, 0.1) is 25.8 Å². The summed E-state index contributed by atoms with van der Waals surface area (Å²) in [7, 11) is 1.62. The number of rotatable bonds is 5. The second kappa shape index (κ2) is 8.50. The van der Waals surface area contributed by atoms with Crippen molar-refractivity contribution >= 4 is 5.91 Å². The molecule has 2 rings (SSSR count). The van der Waals surface area contributed by atoms with Gasteiger partial charge in [0.25, 0.3) is 5.91 Å². The number of methoxy groups -OCH3 is 1. The number of hydrogen-bond donors (Lipinski definition) is 1. The Morgan fingerprint density at radius 1 is 1.13 bits per heavy atom. The van der Waals surface area contributed by atoms with Gasteiger partial charge in [0.2, 0.25) is 0 Å². The molecule has 2 aromatic carbocycles.